The normalized spacial score (nSPS) is 10.3. The molecule has 1 heterocycles. The predicted molar refractivity (Wildman–Crippen MR) is 86.6 cm³/mol. The van der Waals surface area contributed by atoms with Crippen LogP contribution in [0.2, 0.25) is 5.02 Å². The molecular formula is C14H12BrClO4S. The molecule has 0 atom stereocenters. The Hall–Kier alpha value is -1.24. The van der Waals surface area contributed by atoms with Crippen molar-refractivity contribution in [3.8, 4) is 17.2 Å². The standard InChI is InChI=1S/C14H12BrClO4S/c1-18-9-4-7(5-10(19-2)13(9)20-3)12(17)11-6-8(16)14(15)21-11/h4-6H,1-3H3. The summed E-state index contributed by atoms with van der Waals surface area (Å²) in [5, 5.41) is 0.510. The average Bonchev–Trinajstić information content (AvgIpc) is 2.84. The molecule has 0 aliphatic heterocycles. The third-order valence-electron chi connectivity index (χ3n) is 2.80. The fourth-order valence-corrected chi connectivity index (χ4v) is 3.48. The van der Waals surface area contributed by atoms with E-state index in [4.69, 9.17) is 25.8 Å². The van der Waals surface area contributed by atoms with Crippen LogP contribution in [0.4, 0.5) is 0 Å². The van der Waals surface area contributed by atoms with E-state index in [2.05, 4.69) is 15.9 Å². The summed E-state index contributed by atoms with van der Waals surface area (Å²) in [6.07, 6.45) is 0. The van der Waals surface area contributed by atoms with Gasteiger partial charge >= 0.3 is 0 Å². The number of ketones is 1. The minimum absolute atomic E-state index is 0.160. The first kappa shape index (κ1) is 16.1. The molecule has 0 saturated heterocycles. The molecule has 0 saturated carbocycles. The van der Waals surface area contributed by atoms with Gasteiger partial charge in [0.1, 0.15) is 0 Å². The van der Waals surface area contributed by atoms with Crippen LogP contribution in [0.1, 0.15) is 15.2 Å². The molecule has 2 aromatic rings. The molecule has 0 spiro atoms. The van der Waals surface area contributed by atoms with E-state index >= 15 is 0 Å². The first-order chi connectivity index (χ1) is 10.0. The van der Waals surface area contributed by atoms with Crippen molar-refractivity contribution < 1.29 is 19.0 Å². The van der Waals surface area contributed by atoms with Gasteiger partial charge in [-0.2, -0.15) is 0 Å². The summed E-state index contributed by atoms with van der Waals surface area (Å²) in [5.74, 6) is 1.15. The van der Waals surface area contributed by atoms with E-state index in [9.17, 15) is 4.79 Å². The molecule has 4 nitrogen and oxygen atoms in total. The topological polar surface area (TPSA) is 44.8 Å². The molecule has 1 aromatic heterocycles. The van der Waals surface area contributed by atoms with Gasteiger partial charge in [0.05, 0.1) is 35.0 Å². The molecule has 1 aromatic carbocycles. The minimum atomic E-state index is -0.160. The maximum Gasteiger partial charge on any atom is 0.203 e. The van der Waals surface area contributed by atoms with E-state index in [-0.39, 0.29) is 5.78 Å². The maximum absolute atomic E-state index is 12.5. The molecule has 21 heavy (non-hydrogen) atoms. The van der Waals surface area contributed by atoms with Crippen molar-refractivity contribution in [3.63, 3.8) is 0 Å². The Morgan fingerprint density at radius 3 is 2.05 bits per heavy atom. The van der Waals surface area contributed by atoms with E-state index in [0.717, 1.165) is 3.79 Å². The highest BCUT2D eigenvalue weighted by molar-refractivity contribution is 9.11. The lowest BCUT2D eigenvalue weighted by Gasteiger charge is -2.13. The summed E-state index contributed by atoms with van der Waals surface area (Å²) in [6.45, 7) is 0. The molecule has 7 heteroatoms. The number of halogens is 2. The highest BCUT2D eigenvalue weighted by atomic mass is 79.9. The molecule has 0 N–H and O–H groups in total. The second-order valence-corrected chi connectivity index (χ2v) is 6.75. The van der Waals surface area contributed by atoms with Gasteiger partial charge in [-0.15, -0.1) is 11.3 Å². The van der Waals surface area contributed by atoms with E-state index in [0.29, 0.717) is 32.7 Å². The van der Waals surface area contributed by atoms with Gasteiger partial charge in [0, 0.05) is 5.56 Å². The zero-order chi connectivity index (χ0) is 15.6. The Balaban J connectivity index is 2.50. The smallest absolute Gasteiger partial charge is 0.203 e. The van der Waals surface area contributed by atoms with Crippen molar-refractivity contribution in [2.75, 3.05) is 21.3 Å². The van der Waals surface area contributed by atoms with Crippen LogP contribution in [0, 0.1) is 0 Å². The Bertz CT molecular complexity index is 639. The minimum Gasteiger partial charge on any atom is -0.493 e. The van der Waals surface area contributed by atoms with Crippen molar-refractivity contribution in [2.24, 2.45) is 0 Å². The van der Waals surface area contributed by atoms with E-state index in [1.54, 1.807) is 18.2 Å². The number of ether oxygens (including phenoxy) is 3. The summed E-state index contributed by atoms with van der Waals surface area (Å²) >= 11 is 10.5. The van der Waals surface area contributed by atoms with Gasteiger partial charge in [-0.05, 0) is 34.1 Å². The van der Waals surface area contributed by atoms with Crippen LogP contribution in [0.15, 0.2) is 22.0 Å². The quantitative estimate of drug-likeness (QED) is 0.708. The zero-order valence-corrected chi connectivity index (χ0v) is 14.7. The molecule has 0 unspecified atom stereocenters. The van der Waals surface area contributed by atoms with Crippen LogP contribution in [0.5, 0.6) is 17.2 Å². The van der Waals surface area contributed by atoms with Gasteiger partial charge < -0.3 is 14.2 Å². The van der Waals surface area contributed by atoms with Gasteiger partial charge in [-0.25, -0.2) is 0 Å². The van der Waals surface area contributed by atoms with E-state index in [1.807, 2.05) is 0 Å². The molecule has 0 radical (unpaired) electrons. The number of thiophene rings is 1. The van der Waals surface area contributed by atoms with Crippen molar-refractivity contribution in [1.29, 1.82) is 0 Å². The molecule has 0 aliphatic carbocycles. The Morgan fingerprint density at radius 2 is 1.67 bits per heavy atom. The van der Waals surface area contributed by atoms with Crippen LogP contribution in [-0.4, -0.2) is 27.1 Å². The van der Waals surface area contributed by atoms with Crippen LogP contribution in [0.3, 0.4) is 0 Å². The van der Waals surface area contributed by atoms with Crippen molar-refractivity contribution in [2.45, 2.75) is 0 Å². The number of benzene rings is 1. The number of carbonyl (C=O) groups is 1. The number of hydrogen-bond acceptors (Lipinski definition) is 5. The first-order valence-corrected chi connectivity index (χ1v) is 7.80. The second-order valence-electron chi connectivity index (χ2n) is 3.98. The summed E-state index contributed by atoms with van der Waals surface area (Å²) in [7, 11) is 4.52. The third-order valence-corrected chi connectivity index (χ3v) is 5.27. The van der Waals surface area contributed by atoms with Gasteiger partial charge in [-0.3, -0.25) is 4.79 Å². The highest BCUT2D eigenvalue weighted by Crippen LogP contribution is 2.40. The molecule has 2 rings (SSSR count). The summed E-state index contributed by atoms with van der Waals surface area (Å²) in [4.78, 5) is 13.1. The fourth-order valence-electron chi connectivity index (χ4n) is 1.81. The molecule has 0 bridgehead atoms. The maximum atomic E-state index is 12.5. The van der Waals surface area contributed by atoms with Crippen molar-refractivity contribution in [1.82, 2.24) is 0 Å². The largest absolute Gasteiger partial charge is 0.493 e. The predicted octanol–water partition coefficient (Wildman–Crippen LogP) is 4.42. The molecule has 112 valence electrons. The number of rotatable bonds is 5. The summed E-state index contributed by atoms with van der Waals surface area (Å²) in [6, 6.07) is 4.86. The van der Waals surface area contributed by atoms with Crippen LogP contribution in [-0.2, 0) is 0 Å². The zero-order valence-electron chi connectivity index (χ0n) is 11.5. The Kier molecular flexibility index (Phi) is 5.13. The number of carbonyl (C=O) groups excluding carboxylic acids is 1. The van der Waals surface area contributed by atoms with Crippen LogP contribution < -0.4 is 14.2 Å². The number of methoxy groups -OCH3 is 3. The second kappa shape index (κ2) is 6.68. The summed E-state index contributed by atoms with van der Waals surface area (Å²) < 4.78 is 16.4. The Morgan fingerprint density at radius 1 is 1.10 bits per heavy atom. The average molecular weight is 392 g/mol. The Labute approximate surface area is 139 Å². The van der Waals surface area contributed by atoms with E-state index in [1.165, 1.54) is 32.7 Å². The van der Waals surface area contributed by atoms with Crippen LogP contribution >= 0.6 is 38.9 Å². The molecule has 0 amide bonds. The van der Waals surface area contributed by atoms with Gasteiger partial charge in [0.2, 0.25) is 11.5 Å². The monoisotopic (exact) mass is 390 g/mol. The summed E-state index contributed by atoms with van der Waals surface area (Å²) in [5.41, 5.74) is 0.440. The SMILES string of the molecule is COc1cc(C(=O)c2cc(Cl)c(Br)s2)cc(OC)c1OC. The lowest BCUT2D eigenvalue weighted by atomic mass is 10.1. The van der Waals surface area contributed by atoms with Crippen LogP contribution in [0.25, 0.3) is 0 Å². The lowest BCUT2D eigenvalue weighted by molar-refractivity contribution is 0.104. The third kappa shape index (κ3) is 3.17. The molecular weight excluding hydrogens is 380 g/mol. The first-order valence-electron chi connectivity index (χ1n) is 5.81. The van der Waals surface area contributed by atoms with Crippen molar-refractivity contribution >= 4 is 44.7 Å². The molecule has 0 aliphatic rings. The molecule has 0 fully saturated rings. The number of hydrogen-bond donors (Lipinski definition) is 0. The van der Waals surface area contributed by atoms with Gasteiger partial charge in [0.25, 0.3) is 0 Å². The lowest BCUT2D eigenvalue weighted by Crippen LogP contribution is -2.02. The van der Waals surface area contributed by atoms with E-state index < -0.39 is 0 Å². The highest BCUT2D eigenvalue weighted by Gasteiger charge is 2.20. The van der Waals surface area contributed by atoms with Crippen molar-refractivity contribution in [3.05, 3.63) is 37.4 Å². The van der Waals surface area contributed by atoms with Gasteiger partial charge in [-0.1, -0.05) is 11.6 Å². The van der Waals surface area contributed by atoms with Gasteiger partial charge in [0.15, 0.2) is 11.5 Å². The fraction of sp³-hybridized carbons (Fsp3) is 0.214.